The van der Waals surface area contributed by atoms with Gasteiger partial charge in [-0.05, 0) is 74.3 Å². The van der Waals surface area contributed by atoms with Crippen LogP contribution < -0.4 is 0 Å². The molecule has 4 saturated carbocycles. The number of carboxylic acids is 1. The lowest BCUT2D eigenvalue weighted by Gasteiger charge is -2.52. The molecule has 39 heavy (non-hydrogen) atoms. The zero-order valence-corrected chi connectivity index (χ0v) is 23.3. The highest BCUT2D eigenvalue weighted by atomic mass is 35.5. The number of aryl methyl sites for hydroxylation is 1. The van der Waals surface area contributed by atoms with E-state index in [9.17, 15) is 4.79 Å². The summed E-state index contributed by atoms with van der Waals surface area (Å²) in [6.45, 7) is 0.436. The fraction of sp³-hybridized carbons (Fsp3) is 0.452. The SMILES string of the molecule is O=C(O)CCc1cccc(C=CC23CCC(OCc4c(-c5c(Cl)cncc5Cl)noc4C4CC4)(CC2)CC3)c1. The van der Waals surface area contributed by atoms with Crippen molar-refractivity contribution in [3.8, 4) is 11.3 Å². The number of ether oxygens (including phenoxy) is 1. The van der Waals surface area contributed by atoms with Gasteiger partial charge in [-0.3, -0.25) is 9.78 Å². The van der Waals surface area contributed by atoms with E-state index in [1.807, 2.05) is 12.1 Å². The lowest BCUT2D eigenvalue weighted by molar-refractivity contribution is -0.137. The van der Waals surface area contributed by atoms with Crippen LogP contribution in [0.4, 0.5) is 0 Å². The molecule has 0 aliphatic heterocycles. The molecule has 2 bridgehead atoms. The first-order valence-corrected chi connectivity index (χ1v) is 14.5. The normalized spacial score (nSPS) is 24.5. The van der Waals surface area contributed by atoms with Crippen LogP contribution in [0, 0.1) is 5.41 Å². The molecule has 0 atom stereocenters. The number of benzene rings is 1. The van der Waals surface area contributed by atoms with Crippen LogP contribution in [0.2, 0.25) is 10.0 Å². The van der Waals surface area contributed by atoms with Gasteiger partial charge in [0.25, 0.3) is 0 Å². The summed E-state index contributed by atoms with van der Waals surface area (Å²) in [6.07, 6.45) is 17.0. The Morgan fingerprint density at radius 2 is 1.82 bits per heavy atom. The number of pyridine rings is 1. The molecular weight excluding hydrogens is 535 g/mol. The Labute approximate surface area is 238 Å². The van der Waals surface area contributed by atoms with Gasteiger partial charge in [-0.15, -0.1) is 0 Å². The third kappa shape index (κ3) is 5.65. The number of carboxylic acid groups (broad SMARTS) is 1. The van der Waals surface area contributed by atoms with Crippen molar-refractivity contribution in [2.24, 2.45) is 5.41 Å². The molecule has 0 spiro atoms. The van der Waals surface area contributed by atoms with E-state index in [1.165, 1.54) is 0 Å². The third-order valence-electron chi connectivity index (χ3n) is 8.82. The third-order valence-corrected chi connectivity index (χ3v) is 9.40. The zero-order valence-electron chi connectivity index (χ0n) is 21.8. The molecule has 4 fully saturated rings. The van der Waals surface area contributed by atoms with Gasteiger partial charge in [0.15, 0.2) is 0 Å². The summed E-state index contributed by atoms with van der Waals surface area (Å²) in [7, 11) is 0. The van der Waals surface area contributed by atoms with Crippen LogP contribution in [-0.2, 0) is 22.6 Å². The summed E-state index contributed by atoms with van der Waals surface area (Å²) < 4.78 is 12.6. The lowest BCUT2D eigenvalue weighted by Crippen LogP contribution is -2.46. The van der Waals surface area contributed by atoms with Crippen molar-refractivity contribution in [1.29, 1.82) is 0 Å². The molecule has 1 aromatic carbocycles. The van der Waals surface area contributed by atoms with Crippen molar-refractivity contribution in [3.05, 3.63) is 75.2 Å². The van der Waals surface area contributed by atoms with Crippen LogP contribution in [0.25, 0.3) is 17.3 Å². The van der Waals surface area contributed by atoms with Crippen molar-refractivity contribution in [3.63, 3.8) is 0 Å². The molecule has 7 rings (SSSR count). The Morgan fingerprint density at radius 3 is 2.49 bits per heavy atom. The van der Waals surface area contributed by atoms with Gasteiger partial charge in [-0.25, -0.2) is 0 Å². The molecule has 1 N–H and O–H groups in total. The number of aromatic nitrogens is 2. The molecule has 8 heteroatoms. The summed E-state index contributed by atoms with van der Waals surface area (Å²) in [4.78, 5) is 15.0. The number of rotatable bonds is 10. The van der Waals surface area contributed by atoms with Crippen LogP contribution >= 0.6 is 23.2 Å². The second kappa shape index (κ2) is 10.7. The second-order valence-electron chi connectivity index (χ2n) is 11.4. The second-order valence-corrected chi connectivity index (χ2v) is 12.2. The first-order valence-electron chi connectivity index (χ1n) is 13.8. The number of carbonyl (C=O) groups is 1. The minimum absolute atomic E-state index is 0.131. The van der Waals surface area contributed by atoms with E-state index in [0.29, 0.717) is 40.2 Å². The van der Waals surface area contributed by atoms with E-state index in [0.717, 1.165) is 73.8 Å². The van der Waals surface area contributed by atoms with E-state index in [1.54, 1.807) is 12.4 Å². The van der Waals surface area contributed by atoms with Gasteiger partial charge in [-0.2, -0.15) is 0 Å². The van der Waals surface area contributed by atoms with Crippen LogP contribution in [-0.4, -0.2) is 26.8 Å². The molecule has 0 saturated heterocycles. The van der Waals surface area contributed by atoms with Crippen LogP contribution in [0.1, 0.15) is 86.2 Å². The van der Waals surface area contributed by atoms with E-state index in [4.69, 9.17) is 37.6 Å². The topological polar surface area (TPSA) is 85.5 Å². The highest BCUT2D eigenvalue weighted by Crippen LogP contribution is 2.55. The van der Waals surface area contributed by atoms with Gasteiger partial charge in [0.2, 0.25) is 0 Å². The minimum Gasteiger partial charge on any atom is -0.481 e. The van der Waals surface area contributed by atoms with E-state index < -0.39 is 5.97 Å². The van der Waals surface area contributed by atoms with Crippen molar-refractivity contribution in [2.45, 2.75) is 82.3 Å². The molecule has 0 radical (unpaired) electrons. The number of allylic oxidation sites excluding steroid dienone is 1. The minimum atomic E-state index is -0.765. The molecule has 0 unspecified atom stereocenters. The lowest BCUT2D eigenvalue weighted by atomic mass is 9.58. The zero-order chi connectivity index (χ0) is 27.0. The Kier molecular flexibility index (Phi) is 7.30. The average Bonchev–Trinajstić information content (AvgIpc) is 3.71. The van der Waals surface area contributed by atoms with Gasteiger partial charge in [0.05, 0.1) is 22.3 Å². The molecule has 3 aromatic rings. The van der Waals surface area contributed by atoms with Crippen LogP contribution in [0.5, 0.6) is 0 Å². The van der Waals surface area contributed by atoms with E-state index in [2.05, 4.69) is 34.4 Å². The molecule has 4 aliphatic carbocycles. The Bertz CT molecular complexity index is 1370. The number of aliphatic carboxylic acids is 1. The fourth-order valence-corrected chi connectivity index (χ4v) is 6.75. The van der Waals surface area contributed by atoms with Crippen molar-refractivity contribution < 1.29 is 19.2 Å². The Hall–Kier alpha value is -2.67. The summed E-state index contributed by atoms with van der Waals surface area (Å²) in [5, 5.41) is 14.3. The van der Waals surface area contributed by atoms with Crippen LogP contribution in [0.3, 0.4) is 0 Å². The number of halogens is 2. The van der Waals surface area contributed by atoms with Crippen molar-refractivity contribution in [1.82, 2.24) is 10.1 Å². The van der Waals surface area contributed by atoms with Crippen LogP contribution in [0.15, 0.2) is 47.3 Å². The van der Waals surface area contributed by atoms with Crippen molar-refractivity contribution in [2.75, 3.05) is 0 Å². The smallest absolute Gasteiger partial charge is 0.303 e. The van der Waals surface area contributed by atoms with E-state index in [-0.39, 0.29) is 17.4 Å². The predicted octanol–water partition coefficient (Wildman–Crippen LogP) is 8.26. The molecule has 2 aromatic heterocycles. The predicted molar refractivity (Wildman–Crippen MR) is 151 cm³/mol. The Morgan fingerprint density at radius 1 is 1.10 bits per heavy atom. The number of fused-ring (bicyclic) bond motifs is 3. The monoisotopic (exact) mass is 566 g/mol. The fourth-order valence-electron chi connectivity index (χ4n) is 6.21. The van der Waals surface area contributed by atoms with Gasteiger partial charge < -0.3 is 14.4 Å². The van der Waals surface area contributed by atoms with Gasteiger partial charge >= 0.3 is 5.97 Å². The molecule has 0 amide bonds. The molecule has 2 heterocycles. The summed E-state index contributed by atoms with van der Waals surface area (Å²) >= 11 is 13.0. The van der Waals surface area contributed by atoms with Gasteiger partial charge in [0.1, 0.15) is 11.5 Å². The van der Waals surface area contributed by atoms with Gasteiger partial charge in [0, 0.05) is 35.9 Å². The largest absolute Gasteiger partial charge is 0.481 e. The first-order chi connectivity index (χ1) is 18.9. The summed E-state index contributed by atoms with van der Waals surface area (Å²) in [5.74, 6) is 0.527. The maximum absolute atomic E-state index is 10.9. The molecule has 6 nitrogen and oxygen atoms in total. The van der Waals surface area contributed by atoms with Crippen molar-refractivity contribution >= 4 is 35.2 Å². The van der Waals surface area contributed by atoms with Gasteiger partial charge in [-0.1, -0.05) is 64.8 Å². The molecule has 4 aliphatic rings. The number of nitrogens with zero attached hydrogens (tertiary/aromatic N) is 2. The standard InChI is InChI=1S/C31H32Cl2N2O4/c32-24-17-34-18-25(33)27(24)28-23(29(39-35-28)22-5-6-22)19-38-31-13-10-30(11-14-31,12-15-31)9-8-21-3-1-2-20(16-21)4-7-26(36)37/h1-3,8-9,16-18,22H,4-7,10-15,19H2,(H,36,37). The maximum atomic E-state index is 10.9. The quantitative estimate of drug-likeness (QED) is 0.266. The van der Waals surface area contributed by atoms with E-state index >= 15 is 0 Å². The number of hydrogen-bond acceptors (Lipinski definition) is 5. The molecular formula is C31H32Cl2N2O4. The average molecular weight is 568 g/mol. The summed E-state index contributed by atoms with van der Waals surface area (Å²) in [6, 6.07) is 8.20. The highest BCUT2D eigenvalue weighted by molar-refractivity contribution is 6.38. The Balaban J connectivity index is 1.14. The molecule has 204 valence electrons. The highest BCUT2D eigenvalue weighted by Gasteiger charge is 2.48. The summed E-state index contributed by atoms with van der Waals surface area (Å²) in [5.41, 5.74) is 4.54. The number of hydrogen-bond donors (Lipinski definition) is 1. The first kappa shape index (κ1) is 26.5. The maximum Gasteiger partial charge on any atom is 0.303 e.